The molecule has 0 fully saturated rings. The molecule has 2 N–H and O–H groups in total. The Morgan fingerprint density at radius 2 is 1.71 bits per heavy atom. The highest BCUT2D eigenvalue weighted by molar-refractivity contribution is 6.31. The summed E-state index contributed by atoms with van der Waals surface area (Å²) in [6.45, 7) is 2.57. The molecular formula is C17H19Cl2NO. The summed E-state index contributed by atoms with van der Waals surface area (Å²) < 4.78 is 0. The zero-order chi connectivity index (χ0) is 15.2. The van der Waals surface area contributed by atoms with Crippen molar-refractivity contribution in [3.63, 3.8) is 0 Å². The maximum Gasteiger partial charge on any atom is 0.0914 e. The van der Waals surface area contributed by atoms with Gasteiger partial charge in [0.2, 0.25) is 0 Å². The first-order chi connectivity index (χ1) is 10.1. The Balaban J connectivity index is 1.85. The average Bonchev–Trinajstić information content (AvgIpc) is 2.48. The maximum absolute atomic E-state index is 10.1. The zero-order valence-corrected chi connectivity index (χ0v) is 13.4. The minimum Gasteiger partial charge on any atom is -0.387 e. The van der Waals surface area contributed by atoms with Crippen molar-refractivity contribution < 1.29 is 5.11 Å². The van der Waals surface area contributed by atoms with Crippen molar-refractivity contribution in [1.82, 2.24) is 5.32 Å². The Kier molecular flexibility index (Phi) is 6.07. The fourth-order valence-corrected chi connectivity index (χ4v) is 2.52. The number of halogens is 2. The van der Waals surface area contributed by atoms with Gasteiger partial charge in [-0.25, -0.2) is 0 Å². The highest BCUT2D eigenvalue weighted by Gasteiger charge is 2.11. The summed E-state index contributed by atoms with van der Waals surface area (Å²) in [5, 5.41) is 14.9. The summed E-state index contributed by atoms with van der Waals surface area (Å²) in [7, 11) is 0. The van der Waals surface area contributed by atoms with Crippen molar-refractivity contribution in [2.24, 2.45) is 0 Å². The minimum absolute atomic E-state index is 0.229. The van der Waals surface area contributed by atoms with Crippen LogP contribution in [-0.4, -0.2) is 17.7 Å². The normalized spacial score (nSPS) is 13.9. The van der Waals surface area contributed by atoms with Crippen LogP contribution < -0.4 is 5.32 Å². The molecule has 0 saturated heterocycles. The van der Waals surface area contributed by atoms with E-state index in [0.717, 1.165) is 22.6 Å². The van der Waals surface area contributed by atoms with Gasteiger partial charge >= 0.3 is 0 Å². The predicted molar refractivity (Wildman–Crippen MR) is 89.0 cm³/mol. The Morgan fingerprint density at radius 1 is 1.05 bits per heavy atom. The molecule has 0 aromatic heterocycles. The molecule has 1 unspecified atom stereocenters. The van der Waals surface area contributed by atoms with E-state index in [4.69, 9.17) is 23.2 Å². The lowest BCUT2D eigenvalue weighted by Gasteiger charge is -2.18. The van der Waals surface area contributed by atoms with Gasteiger partial charge < -0.3 is 10.4 Å². The van der Waals surface area contributed by atoms with Gasteiger partial charge in [-0.15, -0.1) is 0 Å². The van der Waals surface area contributed by atoms with E-state index >= 15 is 0 Å². The largest absolute Gasteiger partial charge is 0.387 e. The molecule has 21 heavy (non-hydrogen) atoms. The highest BCUT2D eigenvalue weighted by Crippen LogP contribution is 2.18. The lowest BCUT2D eigenvalue weighted by Crippen LogP contribution is -2.32. The highest BCUT2D eigenvalue weighted by atomic mass is 35.5. The zero-order valence-electron chi connectivity index (χ0n) is 11.9. The SMILES string of the molecule is CC(Cc1ccccc1Cl)NC[C@H](O)c1ccc(Cl)cc1. The lowest BCUT2D eigenvalue weighted by molar-refractivity contribution is 0.170. The number of nitrogens with one attached hydrogen (secondary N) is 1. The van der Waals surface area contributed by atoms with Crippen LogP contribution in [0, 0.1) is 0 Å². The van der Waals surface area contributed by atoms with Crippen LogP contribution in [0.15, 0.2) is 48.5 Å². The summed E-state index contributed by atoms with van der Waals surface area (Å²) in [6.07, 6.45) is 0.281. The van der Waals surface area contributed by atoms with Gasteiger partial charge in [-0.1, -0.05) is 53.5 Å². The van der Waals surface area contributed by atoms with Gasteiger partial charge in [-0.2, -0.15) is 0 Å². The van der Waals surface area contributed by atoms with Crippen LogP contribution >= 0.6 is 23.2 Å². The summed E-state index contributed by atoms with van der Waals surface area (Å²) in [6, 6.07) is 15.3. The molecule has 0 aliphatic carbocycles. The molecule has 0 spiro atoms. The first kappa shape index (κ1) is 16.3. The molecule has 2 aromatic rings. The summed E-state index contributed by atoms with van der Waals surface area (Å²) in [5.41, 5.74) is 1.97. The van der Waals surface area contributed by atoms with E-state index in [0.29, 0.717) is 11.6 Å². The average molecular weight is 324 g/mol. The number of benzene rings is 2. The first-order valence-electron chi connectivity index (χ1n) is 6.96. The first-order valence-corrected chi connectivity index (χ1v) is 7.72. The number of rotatable bonds is 6. The van der Waals surface area contributed by atoms with E-state index in [1.807, 2.05) is 36.4 Å². The molecule has 0 heterocycles. The van der Waals surface area contributed by atoms with Gasteiger partial charge in [0, 0.05) is 22.6 Å². The summed E-state index contributed by atoms with van der Waals surface area (Å²) in [5.74, 6) is 0. The molecule has 112 valence electrons. The quantitative estimate of drug-likeness (QED) is 0.833. The van der Waals surface area contributed by atoms with Gasteiger partial charge in [-0.3, -0.25) is 0 Å². The molecular weight excluding hydrogens is 305 g/mol. The van der Waals surface area contributed by atoms with Crippen LogP contribution in [0.25, 0.3) is 0 Å². The minimum atomic E-state index is -0.545. The van der Waals surface area contributed by atoms with Crippen LogP contribution in [0.1, 0.15) is 24.2 Å². The molecule has 0 amide bonds. The molecule has 2 atom stereocenters. The smallest absolute Gasteiger partial charge is 0.0914 e. The Morgan fingerprint density at radius 3 is 2.38 bits per heavy atom. The fourth-order valence-electron chi connectivity index (χ4n) is 2.18. The van der Waals surface area contributed by atoms with Crippen LogP contribution in [0.2, 0.25) is 10.0 Å². The molecule has 2 nitrogen and oxygen atoms in total. The van der Waals surface area contributed by atoms with E-state index in [1.54, 1.807) is 12.1 Å². The molecule has 0 aliphatic heterocycles. The molecule has 2 rings (SSSR count). The molecule has 2 aromatic carbocycles. The van der Waals surface area contributed by atoms with Crippen LogP contribution in [0.4, 0.5) is 0 Å². The van der Waals surface area contributed by atoms with E-state index in [1.165, 1.54) is 0 Å². The molecule has 4 heteroatoms. The summed E-state index contributed by atoms with van der Waals surface area (Å²) in [4.78, 5) is 0. The standard InChI is InChI=1S/C17H19Cl2NO/c1-12(10-14-4-2-3-5-16(14)19)20-11-17(21)13-6-8-15(18)9-7-13/h2-9,12,17,20-21H,10-11H2,1H3/t12?,17-/m0/s1. The number of hydrogen-bond donors (Lipinski definition) is 2. The third-order valence-corrected chi connectivity index (χ3v) is 4.02. The lowest BCUT2D eigenvalue weighted by atomic mass is 10.1. The molecule has 0 saturated carbocycles. The van der Waals surface area contributed by atoms with Gasteiger partial charge in [0.1, 0.15) is 0 Å². The van der Waals surface area contributed by atoms with Crippen molar-refractivity contribution in [3.8, 4) is 0 Å². The Hall–Kier alpha value is -1.06. The third-order valence-electron chi connectivity index (χ3n) is 3.40. The second-order valence-corrected chi connectivity index (χ2v) is 6.02. The predicted octanol–water partition coefficient (Wildman–Crippen LogP) is 4.25. The third kappa shape index (κ3) is 5.01. The second kappa shape index (κ2) is 7.81. The van der Waals surface area contributed by atoms with Crippen molar-refractivity contribution in [2.75, 3.05) is 6.54 Å². The Labute approximate surface area is 135 Å². The molecule has 0 aliphatic rings. The number of hydrogen-bond acceptors (Lipinski definition) is 2. The second-order valence-electron chi connectivity index (χ2n) is 5.17. The topological polar surface area (TPSA) is 32.3 Å². The van der Waals surface area contributed by atoms with E-state index in [9.17, 15) is 5.11 Å². The van der Waals surface area contributed by atoms with E-state index < -0.39 is 6.10 Å². The monoisotopic (exact) mass is 323 g/mol. The van der Waals surface area contributed by atoms with E-state index in [2.05, 4.69) is 12.2 Å². The van der Waals surface area contributed by atoms with Crippen LogP contribution in [0.5, 0.6) is 0 Å². The van der Waals surface area contributed by atoms with Gasteiger partial charge in [-0.05, 0) is 42.7 Å². The van der Waals surface area contributed by atoms with Crippen LogP contribution in [-0.2, 0) is 6.42 Å². The number of aliphatic hydroxyl groups excluding tert-OH is 1. The fraction of sp³-hybridized carbons (Fsp3) is 0.294. The van der Waals surface area contributed by atoms with Crippen molar-refractivity contribution >= 4 is 23.2 Å². The number of aliphatic hydroxyl groups is 1. The van der Waals surface area contributed by atoms with Crippen molar-refractivity contribution in [1.29, 1.82) is 0 Å². The van der Waals surface area contributed by atoms with Crippen LogP contribution in [0.3, 0.4) is 0 Å². The Bertz CT molecular complexity index is 571. The van der Waals surface area contributed by atoms with Gasteiger partial charge in [0.05, 0.1) is 6.10 Å². The van der Waals surface area contributed by atoms with E-state index in [-0.39, 0.29) is 6.04 Å². The van der Waals surface area contributed by atoms with Gasteiger partial charge in [0.25, 0.3) is 0 Å². The van der Waals surface area contributed by atoms with Gasteiger partial charge in [0.15, 0.2) is 0 Å². The van der Waals surface area contributed by atoms with Crippen molar-refractivity contribution in [2.45, 2.75) is 25.5 Å². The summed E-state index contributed by atoms with van der Waals surface area (Å²) >= 11 is 12.0. The molecule has 0 radical (unpaired) electrons. The maximum atomic E-state index is 10.1. The van der Waals surface area contributed by atoms with Crippen molar-refractivity contribution in [3.05, 3.63) is 69.7 Å². The molecule has 0 bridgehead atoms.